The van der Waals surface area contributed by atoms with Crippen LogP contribution in [-0.4, -0.2) is 28.9 Å². The van der Waals surface area contributed by atoms with Crippen LogP contribution in [0.5, 0.6) is 0 Å². The second-order valence-electron chi connectivity index (χ2n) is 5.53. The Labute approximate surface area is 127 Å². The van der Waals surface area contributed by atoms with E-state index in [1.165, 1.54) is 0 Å². The van der Waals surface area contributed by atoms with E-state index < -0.39 is 0 Å². The van der Waals surface area contributed by atoms with Crippen LogP contribution in [0, 0.1) is 5.92 Å². The first-order chi connectivity index (χ1) is 9.09. The van der Waals surface area contributed by atoms with Crippen molar-refractivity contribution >= 4 is 18.3 Å². The summed E-state index contributed by atoms with van der Waals surface area (Å²) in [5.41, 5.74) is 7.09. The molecule has 1 aromatic heterocycles. The fourth-order valence-electron chi connectivity index (χ4n) is 2.80. The molecule has 0 radical (unpaired) electrons. The fourth-order valence-corrected chi connectivity index (χ4v) is 2.80. The number of amides is 1. The second-order valence-corrected chi connectivity index (χ2v) is 5.53. The molecule has 2 N–H and O–H groups in total. The lowest BCUT2D eigenvalue weighted by Gasteiger charge is -2.32. The monoisotopic (exact) mass is 297 g/mol. The van der Waals surface area contributed by atoms with Gasteiger partial charge in [-0.25, -0.2) is 0 Å². The van der Waals surface area contributed by atoms with Gasteiger partial charge in [-0.15, -0.1) is 12.4 Å². The van der Waals surface area contributed by atoms with E-state index in [4.69, 9.17) is 5.73 Å². The summed E-state index contributed by atoms with van der Waals surface area (Å²) in [6.45, 7) is 2.05. The number of rotatable bonds is 3. The number of carbonyl (C=O) groups is 1. The quantitative estimate of drug-likeness (QED) is 0.933. The Morgan fingerprint density at radius 2 is 2.05 bits per heavy atom. The highest BCUT2D eigenvalue weighted by atomic mass is 35.5. The molecule has 0 aromatic carbocycles. The van der Waals surface area contributed by atoms with Crippen molar-refractivity contribution in [2.45, 2.75) is 44.7 Å². The Kier molecular flexibility index (Phi) is 6.43. The second kappa shape index (κ2) is 7.60. The van der Waals surface area contributed by atoms with Crippen molar-refractivity contribution in [1.82, 2.24) is 9.88 Å². The zero-order valence-electron chi connectivity index (χ0n) is 12.2. The van der Waals surface area contributed by atoms with Crippen LogP contribution in [-0.2, 0) is 4.79 Å². The summed E-state index contributed by atoms with van der Waals surface area (Å²) >= 11 is 0. The Balaban J connectivity index is 0.00000200. The van der Waals surface area contributed by atoms with Crippen LogP contribution in [0.3, 0.4) is 0 Å². The lowest BCUT2D eigenvalue weighted by molar-refractivity contribution is -0.137. The van der Waals surface area contributed by atoms with Gasteiger partial charge < -0.3 is 10.6 Å². The lowest BCUT2D eigenvalue weighted by atomic mass is 9.85. The van der Waals surface area contributed by atoms with Gasteiger partial charge in [-0.1, -0.05) is 6.42 Å². The molecule has 4 nitrogen and oxygen atoms in total. The van der Waals surface area contributed by atoms with E-state index >= 15 is 0 Å². The molecule has 3 atom stereocenters. The Bertz CT molecular complexity index is 426. The normalized spacial score (nSPS) is 23.6. The van der Waals surface area contributed by atoms with Gasteiger partial charge in [0.15, 0.2) is 0 Å². The van der Waals surface area contributed by atoms with E-state index in [2.05, 4.69) is 11.9 Å². The maximum Gasteiger partial charge on any atom is 0.225 e. The maximum atomic E-state index is 12.5. The predicted molar refractivity (Wildman–Crippen MR) is 82.6 cm³/mol. The number of nitrogens with zero attached hydrogens (tertiary/aromatic N) is 2. The van der Waals surface area contributed by atoms with Crippen LogP contribution in [0.15, 0.2) is 24.5 Å². The first kappa shape index (κ1) is 16.9. The summed E-state index contributed by atoms with van der Waals surface area (Å²) in [4.78, 5) is 18.4. The number of aromatic nitrogens is 1. The molecule has 1 amide bonds. The Morgan fingerprint density at radius 1 is 1.40 bits per heavy atom. The average molecular weight is 298 g/mol. The molecular formula is C15H24ClN3O. The van der Waals surface area contributed by atoms with E-state index in [0.717, 1.165) is 31.2 Å². The van der Waals surface area contributed by atoms with Gasteiger partial charge in [0.05, 0.1) is 6.04 Å². The van der Waals surface area contributed by atoms with Crippen LogP contribution >= 0.6 is 12.4 Å². The standard InChI is InChI=1S/C15H23N3O.ClH/c1-11(12-6-8-17-9-7-12)18(2)15(19)13-4-3-5-14(16)10-13;/h6-9,11,13-14H,3-5,10,16H2,1-2H3;1H. The molecule has 1 aromatic rings. The molecule has 1 saturated carbocycles. The minimum atomic E-state index is 0. The topological polar surface area (TPSA) is 59.2 Å². The van der Waals surface area contributed by atoms with Gasteiger partial charge >= 0.3 is 0 Å². The largest absolute Gasteiger partial charge is 0.339 e. The molecule has 0 spiro atoms. The first-order valence-electron chi connectivity index (χ1n) is 7.01. The van der Waals surface area contributed by atoms with Gasteiger partial charge in [-0.2, -0.15) is 0 Å². The van der Waals surface area contributed by atoms with Gasteiger partial charge in [0.1, 0.15) is 0 Å². The molecule has 20 heavy (non-hydrogen) atoms. The number of nitrogens with two attached hydrogens (primary N) is 1. The van der Waals surface area contributed by atoms with E-state index in [9.17, 15) is 4.79 Å². The van der Waals surface area contributed by atoms with Crippen molar-refractivity contribution < 1.29 is 4.79 Å². The molecule has 1 fully saturated rings. The molecule has 1 aliphatic carbocycles. The number of hydrogen-bond acceptors (Lipinski definition) is 3. The Morgan fingerprint density at radius 3 is 2.65 bits per heavy atom. The van der Waals surface area contributed by atoms with E-state index in [-0.39, 0.29) is 36.3 Å². The molecular weight excluding hydrogens is 274 g/mol. The summed E-state index contributed by atoms with van der Waals surface area (Å²) < 4.78 is 0. The summed E-state index contributed by atoms with van der Waals surface area (Å²) in [6, 6.07) is 4.18. The SMILES string of the molecule is CC(c1ccncc1)N(C)C(=O)C1CCCC(N)C1.Cl. The minimum Gasteiger partial charge on any atom is -0.339 e. The maximum absolute atomic E-state index is 12.5. The van der Waals surface area contributed by atoms with Crippen molar-refractivity contribution in [2.75, 3.05) is 7.05 Å². The van der Waals surface area contributed by atoms with Crippen molar-refractivity contribution in [1.29, 1.82) is 0 Å². The third-order valence-electron chi connectivity index (χ3n) is 4.18. The van der Waals surface area contributed by atoms with E-state index in [0.29, 0.717) is 0 Å². The Hall–Kier alpha value is -1.13. The number of halogens is 1. The van der Waals surface area contributed by atoms with Gasteiger partial charge in [-0.3, -0.25) is 9.78 Å². The van der Waals surface area contributed by atoms with Crippen molar-refractivity contribution in [3.63, 3.8) is 0 Å². The molecule has 5 heteroatoms. The summed E-state index contributed by atoms with van der Waals surface area (Å²) in [7, 11) is 1.88. The van der Waals surface area contributed by atoms with Crippen LogP contribution in [0.2, 0.25) is 0 Å². The minimum absolute atomic E-state index is 0. The van der Waals surface area contributed by atoms with E-state index in [1.54, 1.807) is 12.4 Å². The summed E-state index contributed by atoms with van der Waals surface area (Å²) in [5.74, 6) is 0.317. The van der Waals surface area contributed by atoms with Gasteiger partial charge in [0, 0.05) is 31.4 Å². The molecule has 112 valence electrons. The van der Waals surface area contributed by atoms with E-state index in [1.807, 2.05) is 24.1 Å². The van der Waals surface area contributed by atoms with Crippen LogP contribution in [0.4, 0.5) is 0 Å². The lowest BCUT2D eigenvalue weighted by Crippen LogP contribution is -2.39. The van der Waals surface area contributed by atoms with Crippen LogP contribution in [0.25, 0.3) is 0 Å². The zero-order valence-corrected chi connectivity index (χ0v) is 13.0. The third kappa shape index (κ3) is 3.93. The third-order valence-corrected chi connectivity index (χ3v) is 4.18. The van der Waals surface area contributed by atoms with Crippen LogP contribution < -0.4 is 5.73 Å². The van der Waals surface area contributed by atoms with Crippen molar-refractivity contribution in [2.24, 2.45) is 11.7 Å². The molecule has 3 unspecified atom stereocenters. The predicted octanol–water partition coefficient (Wildman–Crippen LogP) is 2.54. The van der Waals surface area contributed by atoms with Gasteiger partial charge in [0.2, 0.25) is 5.91 Å². The number of pyridine rings is 1. The van der Waals surface area contributed by atoms with Crippen molar-refractivity contribution in [3.8, 4) is 0 Å². The summed E-state index contributed by atoms with van der Waals surface area (Å²) in [6.07, 6.45) is 7.44. The zero-order chi connectivity index (χ0) is 13.8. The molecule has 1 heterocycles. The van der Waals surface area contributed by atoms with Gasteiger partial charge in [-0.05, 0) is 43.9 Å². The molecule has 0 saturated heterocycles. The molecule has 0 bridgehead atoms. The average Bonchev–Trinajstić information content (AvgIpc) is 2.46. The van der Waals surface area contributed by atoms with Crippen LogP contribution in [0.1, 0.15) is 44.2 Å². The van der Waals surface area contributed by atoms with Crippen molar-refractivity contribution in [3.05, 3.63) is 30.1 Å². The smallest absolute Gasteiger partial charge is 0.225 e. The molecule has 2 rings (SSSR count). The highest BCUT2D eigenvalue weighted by Gasteiger charge is 2.29. The molecule has 1 aliphatic rings. The number of hydrogen-bond donors (Lipinski definition) is 1. The molecule has 0 aliphatic heterocycles. The highest BCUT2D eigenvalue weighted by Crippen LogP contribution is 2.27. The highest BCUT2D eigenvalue weighted by molar-refractivity contribution is 5.85. The fraction of sp³-hybridized carbons (Fsp3) is 0.600. The van der Waals surface area contributed by atoms with Gasteiger partial charge in [0.25, 0.3) is 0 Å². The summed E-state index contributed by atoms with van der Waals surface area (Å²) in [5, 5.41) is 0. The first-order valence-corrected chi connectivity index (χ1v) is 7.01. The number of carbonyl (C=O) groups excluding carboxylic acids is 1.